The molecule has 0 bridgehead atoms. The fourth-order valence-electron chi connectivity index (χ4n) is 3.78. The summed E-state index contributed by atoms with van der Waals surface area (Å²) in [5, 5.41) is 2.89. The molecule has 0 aromatic heterocycles. The van der Waals surface area contributed by atoms with Crippen molar-refractivity contribution < 1.29 is 14.4 Å². The molecule has 1 atom stereocenters. The van der Waals surface area contributed by atoms with Gasteiger partial charge >= 0.3 is 6.03 Å². The van der Waals surface area contributed by atoms with Gasteiger partial charge in [-0.25, -0.2) is 4.79 Å². The lowest BCUT2D eigenvalue weighted by Crippen LogP contribution is -2.46. The van der Waals surface area contributed by atoms with Gasteiger partial charge in [-0.2, -0.15) is 0 Å². The average Bonchev–Trinajstić information content (AvgIpc) is 2.99. The summed E-state index contributed by atoms with van der Waals surface area (Å²) in [6.45, 7) is 4.08. The van der Waals surface area contributed by atoms with Crippen LogP contribution >= 0.6 is 0 Å². The summed E-state index contributed by atoms with van der Waals surface area (Å²) in [5.41, 5.74) is 0.378. The largest absolute Gasteiger partial charge is 0.325 e. The SMILES string of the molecule is CCCCC1(c2ccccc2)NC(=O)N(CC(=O)N(CC)c2ccccc2)C1=O. The third-order valence-electron chi connectivity index (χ3n) is 5.33. The number of benzene rings is 2. The molecule has 1 N–H and O–H groups in total. The van der Waals surface area contributed by atoms with Gasteiger partial charge in [-0.3, -0.25) is 14.5 Å². The molecule has 2 aromatic carbocycles. The van der Waals surface area contributed by atoms with Crippen LogP contribution in [-0.2, 0) is 15.1 Å². The van der Waals surface area contributed by atoms with Gasteiger partial charge < -0.3 is 10.2 Å². The molecular formula is C23H27N3O3. The first-order valence-corrected chi connectivity index (χ1v) is 10.1. The van der Waals surface area contributed by atoms with Crippen molar-refractivity contribution in [1.29, 1.82) is 0 Å². The van der Waals surface area contributed by atoms with E-state index in [1.54, 1.807) is 4.90 Å². The number of anilines is 1. The van der Waals surface area contributed by atoms with Gasteiger partial charge in [0.25, 0.3) is 5.91 Å². The number of imide groups is 1. The first-order valence-electron chi connectivity index (χ1n) is 10.1. The van der Waals surface area contributed by atoms with Crippen molar-refractivity contribution in [2.75, 3.05) is 18.0 Å². The van der Waals surface area contributed by atoms with E-state index < -0.39 is 11.6 Å². The van der Waals surface area contributed by atoms with E-state index in [-0.39, 0.29) is 18.4 Å². The van der Waals surface area contributed by atoms with Gasteiger partial charge in [0.15, 0.2) is 0 Å². The molecule has 0 saturated carbocycles. The van der Waals surface area contributed by atoms with Crippen molar-refractivity contribution in [2.24, 2.45) is 0 Å². The number of carbonyl (C=O) groups excluding carboxylic acids is 3. The van der Waals surface area contributed by atoms with Crippen LogP contribution < -0.4 is 10.2 Å². The molecule has 152 valence electrons. The second-order valence-electron chi connectivity index (χ2n) is 7.17. The molecule has 1 saturated heterocycles. The minimum atomic E-state index is -1.11. The van der Waals surface area contributed by atoms with Crippen LogP contribution in [0.3, 0.4) is 0 Å². The maximum absolute atomic E-state index is 13.4. The lowest BCUT2D eigenvalue weighted by molar-refractivity contribution is -0.134. The number of likely N-dealkylation sites (N-methyl/N-ethyl adjacent to an activating group) is 1. The molecule has 1 aliphatic heterocycles. The monoisotopic (exact) mass is 393 g/mol. The van der Waals surface area contributed by atoms with Crippen LogP contribution in [0.15, 0.2) is 60.7 Å². The number of hydrogen-bond acceptors (Lipinski definition) is 3. The van der Waals surface area contributed by atoms with Gasteiger partial charge in [0, 0.05) is 12.2 Å². The number of nitrogens with one attached hydrogen (secondary N) is 1. The Balaban J connectivity index is 1.86. The van der Waals surface area contributed by atoms with E-state index in [2.05, 4.69) is 5.32 Å². The third-order valence-corrected chi connectivity index (χ3v) is 5.33. The zero-order valence-corrected chi connectivity index (χ0v) is 16.9. The fourth-order valence-corrected chi connectivity index (χ4v) is 3.78. The highest BCUT2D eigenvalue weighted by atomic mass is 16.2. The molecule has 0 spiro atoms. The number of hydrogen-bond donors (Lipinski definition) is 1. The fraction of sp³-hybridized carbons (Fsp3) is 0.348. The van der Waals surface area contributed by atoms with Crippen LogP contribution in [0.2, 0.25) is 0 Å². The minimum absolute atomic E-state index is 0.284. The summed E-state index contributed by atoms with van der Waals surface area (Å²) >= 11 is 0. The highest BCUT2D eigenvalue weighted by Crippen LogP contribution is 2.34. The smallest absolute Gasteiger partial charge is 0.319 e. The molecular weight excluding hydrogens is 366 g/mol. The van der Waals surface area contributed by atoms with E-state index in [9.17, 15) is 14.4 Å². The zero-order valence-electron chi connectivity index (χ0n) is 16.9. The Hall–Kier alpha value is -3.15. The number of rotatable bonds is 8. The Bertz CT molecular complexity index is 869. The molecule has 1 heterocycles. The Kier molecular flexibility index (Phi) is 6.32. The average molecular weight is 393 g/mol. The van der Waals surface area contributed by atoms with Gasteiger partial charge in [-0.15, -0.1) is 0 Å². The Morgan fingerprint density at radius 2 is 1.62 bits per heavy atom. The molecule has 2 aromatic rings. The van der Waals surface area contributed by atoms with Gasteiger partial charge in [-0.1, -0.05) is 68.3 Å². The van der Waals surface area contributed by atoms with E-state index in [1.165, 1.54) is 0 Å². The lowest BCUT2D eigenvalue weighted by atomic mass is 9.85. The van der Waals surface area contributed by atoms with Crippen LogP contribution in [0.4, 0.5) is 10.5 Å². The number of urea groups is 1. The number of nitrogens with zero attached hydrogens (tertiary/aromatic N) is 2. The molecule has 29 heavy (non-hydrogen) atoms. The predicted molar refractivity (Wildman–Crippen MR) is 112 cm³/mol. The quantitative estimate of drug-likeness (QED) is 0.696. The van der Waals surface area contributed by atoms with E-state index in [0.29, 0.717) is 13.0 Å². The molecule has 6 heteroatoms. The van der Waals surface area contributed by atoms with Gasteiger partial charge in [-0.05, 0) is 31.0 Å². The molecule has 4 amide bonds. The third kappa shape index (κ3) is 4.01. The van der Waals surface area contributed by atoms with Crippen molar-refractivity contribution in [2.45, 2.75) is 38.6 Å². The zero-order chi connectivity index (χ0) is 20.9. The number of para-hydroxylation sites is 1. The highest BCUT2D eigenvalue weighted by molar-refractivity contribution is 6.10. The van der Waals surface area contributed by atoms with Crippen molar-refractivity contribution in [3.63, 3.8) is 0 Å². The van der Waals surface area contributed by atoms with Crippen LogP contribution in [0.5, 0.6) is 0 Å². The van der Waals surface area contributed by atoms with E-state index in [1.807, 2.05) is 74.5 Å². The molecule has 0 aliphatic carbocycles. The van der Waals surface area contributed by atoms with Crippen molar-refractivity contribution in [1.82, 2.24) is 10.2 Å². The molecule has 3 rings (SSSR count). The summed E-state index contributed by atoms with van der Waals surface area (Å²) in [6, 6.07) is 18.0. The van der Waals surface area contributed by atoms with Crippen molar-refractivity contribution in [3.8, 4) is 0 Å². The molecule has 1 aliphatic rings. The number of unbranched alkanes of at least 4 members (excludes halogenated alkanes) is 1. The second kappa shape index (κ2) is 8.90. The Morgan fingerprint density at radius 1 is 1.00 bits per heavy atom. The number of amides is 4. The predicted octanol–water partition coefficient (Wildman–Crippen LogP) is 3.68. The molecule has 1 fully saturated rings. The maximum Gasteiger partial charge on any atom is 0.325 e. The topological polar surface area (TPSA) is 69.7 Å². The standard InChI is InChI=1S/C23H27N3O3/c1-3-5-16-23(18-12-8-6-9-13-18)21(28)26(22(29)24-23)17-20(27)25(4-2)19-14-10-7-11-15-19/h6-15H,3-5,16-17H2,1-2H3,(H,24,29). The molecule has 1 unspecified atom stereocenters. The Labute approximate surface area is 171 Å². The maximum atomic E-state index is 13.4. The van der Waals surface area contributed by atoms with Crippen molar-refractivity contribution in [3.05, 3.63) is 66.2 Å². The first kappa shape index (κ1) is 20.6. The highest BCUT2D eigenvalue weighted by Gasteiger charge is 2.52. The summed E-state index contributed by atoms with van der Waals surface area (Å²) in [7, 11) is 0. The molecule has 0 radical (unpaired) electrons. The molecule has 6 nitrogen and oxygen atoms in total. The van der Waals surface area contributed by atoms with Gasteiger partial charge in [0.1, 0.15) is 12.1 Å². The first-order chi connectivity index (χ1) is 14.0. The van der Waals surface area contributed by atoms with Gasteiger partial charge in [0.05, 0.1) is 0 Å². The summed E-state index contributed by atoms with van der Waals surface area (Å²) in [6.07, 6.45) is 2.18. The van der Waals surface area contributed by atoms with E-state index >= 15 is 0 Å². The Morgan fingerprint density at radius 3 is 2.21 bits per heavy atom. The van der Waals surface area contributed by atoms with Crippen LogP contribution in [0, 0.1) is 0 Å². The van der Waals surface area contributed by atoms with Crippen LogP contribution in [0.25, 0.3) is 0 Å². The van der Waals surface area contributed by atoms with E-state index in [0.717, 1.165) is 29.0 Å². The van der Waals surface area contributed by atoms with E-state index in [4.69, 9.17) is 0 Å². The van der Waals surface area contributed by atoms with Gasteiger partial charge in [0.2, 0.25) is 5.91 Å². The second-order valence-corrected chi connectivity index (χ2v) is 7.17. The normalized spacial score (nSPS) is 18.6. The lowest BCUT2D eigenvalue weighted by Gasteiger charge is -2.28. The number of carbonyl (C=O) groups is 3. The summed E-state index contributed by atoms with van der Waals surface area (Å²) in [5.74, 6) is -0.652. The van der Waals surface area contributed by atoms with Crippen LogP contribution in [0.1, 0.15) is 38.7 Å². The van der Waals surface area contributed by atoms with Crippen LogP contribution in [-0.4, -0.2) is 35.8 Å². The summed E-state index contributed by atoms with van der Waals surface area (Å²) < 4.78 is 0. The summed E-state index contributed by atoms with van der Waals surface area (Å²) in [4.78, 5) is 41.7. The van der Waals surface area contributed by atoms with Crippen molar-refractivity contribution >= 4 is 23.5 Å². The minimum Gasteiger partial charge on any atom is -0.319 e.